The smallest absolute Gasteiger partial charge is 0.406 e. The van der Waals surface area contributed by atoms with Gasteiger partial charge in [-0.1, -0.05) is 97.1 Å². The molecule has 0 bridgehead atoms. The molecule has 0 fully saturated rings. The highest BCUT2D eigenvalue weighted by Crippen LogP contribution is 2.32. The van der Waals surface area contributed by atoms with Crippen molar-refractivity contribution >= 4 is 21.8 Å². The monoisotopic (exact) mass is 734 g/mol. The molecular weight excluding hydrogens is 702 g/mol. The van der Waals surface area contributed by atoms with Gasteiger partial charge >= 0.3 is 12.7 Å². The first-order valence-corrected chi connectivity index (χ1v) is 16.9. The van der Waals surface area contributed by atoms with Crippen LogP contribution in [0.2, 0.25) is 0 Å². The molecule has 0 saturated heterocycles. The number of hydrogen-bond donors (Lipinski definition) is 0. The number of rotatable bonds is 8. The average Bonchev–Trinajstić information content (AvgIpc) is 3.74. The SMILES string of the molecule is FC(F)(F)Oc1cccc(-c2ccc3c(ccn3Cc3ccccc3)c2)c1.FC(F)(F)Oc1cccc(-c2ccc3c(ccn3Cc3ccccc3)c2)c1. The zero-order valence-electron chi connectivity index (χ0n) is 28.6. The Hall–Kier alpha value is -6.42. The summed E-state index contributed by atoms with van der Waals surface area (Å²) in [5.41, 5.74) is 7.59. The molecule has 8 rings (SSSR count). The van der Waals surface area contributed by atoms with Crippen molar-refractivity contribution < 1.29 is 35.8 Å². The fourth-order valence-corrected chi connectivity index (χ4v) is 6.34. The van der Waals surface area contributed by atoms with Gasteiger partial charge in [0.25, 0.3) is 0 Å². The number of nitrogens with zero attached hydrogens (tertiary/aromatic N) is 2. The van der Waals surface area contributed by atoms with Crippen LogP contribution in [0.15, 0.2) is 170 Å². The fraction of sp³-hybridized carbons (Fsp3) is 0.0909. The summed E-state index contributed by atoms with van der Waals surface area (Å²) in [5, 5.41) is 2.07. The molecule has 0 spiro atoms. The van der Waals surface area contributed by atoms with E-state index in [-0.39, 0.29) is 11.5 Å². The summed E-state index contributed by atoms with van der Waals surface area (Å²) in [6.45, 7) is 1.52. The van der Waals surface area contributed by atoms with Gasteiger partial charge in [0.15, 0.2) is 0 Å². The van der Waals surface area contributed by atoms with Gasteiger partial charge in [0.05, 0.1) is 0 Å². The Morgan fingerprint density at radius 1 is 0.389 bits per heavy atom. The van der Waals surface area contributed by atoms with Crippen LogP contribution in [0.25, 0.3) is 44.1 Å². The third-order valence-electron chi connectivity index (χ3n) is 8.74. The van der Waals surface area contributed by atoms with E-state index >= 15 is 0 Å². The molecule has 2 aromatic heterocycles. The van der Waals surface area contributed by atoms with Gasteiger partial charge < -0.3 is 18.6 Å². The van der Waals surface area contributed by atoms with Crippen molar-refractivity contribution in [2.75, 3.05) is 0 Å². The second-order valence-electron chi connectivity index (χ2n) is 12.6. The molecule has 6 aromatic carbocycles. The van der Waals surface area contributed by atoms with Crippen molar-refractivity contribution in [1.82, 2.24) is 9.13 Å². The summed E-state index contributed by atoms with van der Waals surface area (Å²) in [4.78, 5) is 0. The van der Waals surface area contributed by atoms with E-state index in [1.165, 1.54) is 35.4 Å². The van der Waals surface area contributed by atoms with Crippen molar-refractivity contribution in [1.29, 1.82) is 0 Å². The minimum absolute atomic E-state index is 0.221. The van der Waals surface area contributed by atoms with Crippen LogP contribution in [-0.4, -0.2) is 21.9 Å². The Kier molecular flexibility index (Phi) is 10.2. The second-order valence-corrected chi connectivity index (χ2v) is 12.6. The van der Waals surface area contributed by atoms with E-state index in [4.69, 9.17) is 0 Å². The molecule has 0 unspecified atom stereocenters. The fourth-order valence-electron chi connectivity index (χ4n) is 6.34. The minimum atomic E-state index is -4.70. The lowest BCUT2D eigenvalue weighted by atomic mass is 10.0. The maximum absolute atomic E-state index is 12.4. The summed E-state index contributed by atoms with van der Waals surface area (Å²) in [6, 6.07) is 48.1. The highest BCUT2D eigenvalue weighted by Gasteiger charge is 2.32. The quantitative estimate of drug-likeness (QED) is 0.145. The molecule has 0 aliphatic rings. The highest BCUT2D eigenvalue weighted by atomic mass is 19.4. The van der Waals surface area contributed by atoms with E-state index in [9.17, 15) is 26.3 Å². The van der Waals surface area contributed by atoms with E-state index < -0.39 is 12.7 Å². The van der Waals surface area contributed by atoms with Gasteiger partial charge in [-0.3, -0.25) is 0 Å². The molecule has 0 atom stereocenters. The number of benzene rings is 6. The van der Waals surface area contributed by atoms with Crippen LogP contribution in [0.3, 0.4) is 0 Å². The van der Waals surface area contributed by atoms with Crippen molar-refractivity contribution in [3.8, 4) is 33.8 Å². The summed E-state index contributed by atoms with van der Waals surface area (Å²) in [5.74, 6) is -0.441. The van der Waals surface area contributed by atoms with E-state index in [1.54, 1.807) is 24.3 Å². The molecule has 0 aliphatic heterocycles. The lowest BCUT2D eigenvalue weighted by molar-refractivity contribution is -0.275. The summed E-state index contributed by atoms with van der Waals surface area (Å²) < 4.78 is 87.0. The topological polar surface area (TPSA) is 28.3 Å². The first-order valence-electron chi connectivity index (χ1n) is 16.9. The molecule has 10 heteroatoms. The summed E-state index contributed by atoms with van der Waals surface area (Å²) >= 11 is 0. The standard InChI is InChI=1S/2C22H16F3NO/c2*23-22(24,25)27-20-8-4-7-17(14-20)18-9-10-21-19(13-18)11-12-26(21)15-16-5-2-1-3-6-16/h2*1-14H,15H2. The van der Waals surface area contributed by atoms with Gasteiger partial charge in [-0.05, 0) is 94.0 Å². The lowest BCUT2D eigenvalue weighted by Crippen LogP contribution is -2.17. The molecule has 2 heterocycles. The molecule has 0 amide bonds. The summed E-state index contributed by atoms with van der Waals surface area (Å²) in [6.07, 6.45) is -5.36. The van der Waals surface area contributed by atoms with Crippen molar-refractivity contribution in [3.63, 3.8) is 0 Å². The largest absolute Gasteiger partial charge is 0.573 e. The Labute approximate surface area is 307 Å². The van der Waals surface area contributed by atoms with Crippen LogP contribution in [-0.2, 0) is 13.1 Å². The molecule has 0 saturated carbocycles. The normalized spacial score (nSPS) is 11.7. The van der Waals surface area contributed by atoms with Gasteiger partial charge in [0, 0.05) is 47.3 Å². The molecule has 54 heavy (non-hydrogen) atoms. The van der Waals surface area contributed by atoms with Gasteiger partial charge in [-0.15, -0.1) is 26.3 Å². The molecule has 0 N–H and O–H groups in total. The third-order valence-corrected chi connectivity index (χ3v) is 8.74. The Bertz CT molecular complexity index is 2310. The first-order chi connectivity index (χ1) is 26.0. The van der Waals surface area contributed by atoms with E-state index in [2.05, 4.69) is 42.9 Å². The maximum atomic E-state index is 12.4. The predicted molar refractivity (Wildman–Crippen MR) is 199 cm³/mol. The molecular formula is C44H32F6N2O2. The first kappa shape index (κ1) is 36.0. The molecule has 0 aliphatic carbocycles. The number of fused-ring (bicyclic) bond motifs is 2. The van der Waals surface area contributed by atoms with Crippen molar-refractivity contribution in [2.24, 2.45) is 0 Å². The van der Waals surface area contributed by atoms with Crippen LogP contribution >= 0.6 is 0 Å². The Morgan fingerprint density at radius 3 is 1.17 bits per heavy atom. The van der Waals surface area contributed by atoms with Crippen LogP contribution in [0.1, 0.15) is 11.1 Å². The summed E-state index contributed by atoms with van der Waals surface area (Å²) in [7, 11) is 0. The molecule has 0 radical (unpaired) electrons. The number of ether oxygens (including phenoxy) is 2. The van der Waals surface area contributed by atoms with Crippen molar-refractivity contribution in [3.05, 3.63) is 181 Å². The van der Waals surface area contributed by atoms with Crippen LogP contribution in [0, 0.1) is 0 Å². The molecule has 8 aromatic rings. The number of aromatic nitrogens is 2. The molecule has 4 nitrogen and oxygen atoms in total. The van der Waals surface area contributed by atoms with E-state index in [0.29, 0.717) is 11.1 Å². The van der Waals surface area contributed by atoms with Gasteiger partial charge in [0.2, 0.25) is 0 Å². The zero-order chi connectivity index (χ0) is 37.7. The van der Waals surface area contributed by atoms with E-state index in [1.807, 2.05) is 97.3 Å². The van der Waals surface area contributed by atoms with Gasteiger partial charge in [-0.25, -0.2) is 0 Å². The maximum Gasteiger partial charge on any atom is 0.573 e. The minimum Gasteiger partial charge on any atom is -0.406 e. The van der Waals surface area contributed by atoms with Gasteiger partial charge in [0.1, 0.15) is 11.5 Å². The van der Waals surface area contributed by atoms with Crippen molar-refractivity contribution in [2.45, 2.75) is 25.8 Å². The number of halogens is 6. The van der Waals surface area contributed by atoms with Crippen LogP contribution in [0.5, 0.6) is 11.5 Å². The van der Waals surface area contributed by atoms with Crippen LogP contribution in [0.4, 0.5) is 26.3 Å². The Morgan fingerprint density at radius 2 is 0.778 bits per heavy atom. The number of alkyl halides is 6. The third kappa shape index (κ3) is 9.14. The molecule has 272 valence electrons. The number of hydrogen-bond acceptors (Lipinski definition) is 2. The highest BCUT2D eigenvalue weighted by molar-refractivity contribution is 5.87. The Balaban J connectivity index is 0.000000167. The van der Waals surface area contributed by atoms with Gasteiger partial charge in [-0.2, -0.15) is 0 Å². The zero-order valence-corrected chi connectivity index (χ0v) is 28.6. The van der Waals surface area contributed by atoms with E-state index in [0.717, 1.165) is 46.0 Å². The lowest BCUT2D eigenvalue weighted by Gasteiger charge is -2.10. The average molecular weight is 735 g/mol. The second kappa shape index (κ2) is 15.3. The predicted octanol–water partition coefficient (Wildman–Crippen LogP) is 12.5. The van der Waals surface area contributed by atoms with Crippen LogP contribution < -0.4 is 9.47 Å².